The Kier molecular flexibility index (Phi) is 4.80. The van der Waals surface area contributed by atoms with Gasteiger partial charge in [0.15, 0.2) is 11.6 Å². The lowest BCUT2D eigenvalue weighted by Crippen LogP contribution is -2.13. The number of anilines is 1. The Morgan fingerprint density at radius 2 is 1.54 bits per heavy atom. The molecule has 0 spiro atoms. The van der Waals surface area contributed by atoms with Crippen LogP contribution in [0.25, 0.3) is 11.5 Å². The third kappa shape index (κ3) is 3.73. The van der Waals surface area contributed by atoms with Crippen molar-refractivity contribution in [2.45, 2.75) is 6.04 Å². The molecule has 0 bridgehead atoms. The first-order valence-electron chi connectivity index (χ1n) is 8.46. The van der Waals surface area contributed by atoms with Gasteiger partial charge in [-0.1, -0.05) is 30.3 Å². The zero-order valence-electron chi connectivity index (χ0n) is 14.4. The zero-order chi connectivity index (χ0) is 19.5. The van der Waals surface area contributed by atoms with Crippen LogP contribution in [0.1, 0.15) is 17.5 Å². The molecule has 4 nitrogen and oxygen atoms in total. The number of hydrogen-bond donors (Lipinski definition) is 1. The van der Waals surface area contributed by atoms with Crippen molar-refractivity contribution < 1.29 is 17.6 Å². The van der Waals surface area contributed by atoms with E-state index in [0.29, 0.717) is 17.1 Å². The number of halogens is 3. The van der Waals surface area contributed by atoms with Gasteiger partial charge < -0.3 is 9.73 Å². The molecule has 4 rings (SSSR count). The van der Waals surface area contributed by atoms with Crippen molar-refractivity contribution in [2.24, 2.45) is 0 Å². The van der Waals surface area contributed by atoms with Crippen LogP contribution < -0.4 is 5.32 Å². The molecular formula is C21H14F3N3O. The molecular weight excluding hydrogens is 367 g/mol. The summed E-state index contributed by atoms with van der Waals surface area (Å²) in [6.07, 6.45) is 0. The van der Waals surface area contributed by atoms with E-state index in [1.807, 2.05) is 30.3 Å². The van der Waals surface area contributed by atoms with Gasteiger partial charge in [0.2, 0.25) is 11.8 Å². The molecule has 0 saturated heterocycles. The van der Waals surface area contributed by atoms with Crippen LogP contribution in [-0.2, 0) is 0 Å². The third-order valence-electron chi connectivity index (χ3n) is 4.14. The molecule has 1 unspecified atom stereocenters. The van der Waals surface area contributed by atoms with Crippen molar-refractivity contribution >= 4 is 5.69 Å². The van der Waals surface area contributed by atoms with Crippen LogP contribution in [0.5, 0.6) is 0 Å². The maximum atomic E-state index is 13.6. The lowest BCUT2D eigenvalue weighted by molar-refractivity contribution is 0.492. The first-order valence-corrected chi connectivity index (χ1v) is 8.46. The summed E-state index contributed by atoms with van der Waals surface area (Å²) in [6, 6.07) is 17.7. The van der Waals surface area contributed by atoms with Crippen LogP contribution in [0, 0.1) is 17.5 Å². The van der Waals surface area contributed by atoms with Crippen LogP contribution in [-0.4, -0.2) is 10.2 Å². The van der Waals surface area contributed by atoms with Crippen molar-refractivity contribution in [2.75, 3.05) is 5.32 Å². The van der Waals surface area contributed by atoms with Gasteiger partial charge in [-0.3, -0.25) is 0 Å². The number of rotatable bonds is 5. The minimum atomic E-state index is -0.988. The number of nitrogens with one attached hydrogen (secondary N) is 1. The summed E-state index contributed by atoms with van der Waals surface area (Å²) >= 11 is 0. The quantitative estimate of drug-likeness (QED) is 0.506. The van der Waals surface area contributed by atoms with Crippen molar-refractivity contribution in [3.05, 3.63) is 102 Å². The molecule has 1 N–H and O–H groups in total. The molecule has 0 amide bonds. The lowest BCUT2D eigenvalue weighted by atomic mass is 10.1. The second-order valence-corrected chi connectivity index (χ2v) is 6.07. The van der Waals surface area contributed by atoms with E-state index in [9.17, 15) is 13.2 Å². The first kappa shape index (κ1) is 17.8. The second kappa shape index (κ2) is 7.56. The molecule has 1 aromatic heterocycles. The van der Waals surface area contributed by atoms with Crippen molar-refractivity contribution in [3.63, 3.8) is 0 Å². The summed E-state index contributed by atoms with van der Waals surface area (Å²) in [5, 5.41) is 11.2. The van der Waals surface area contributed by atoms with E-state index in [1.54, 1.807) is 12.1 Å². The van der Waals surface area contributed by atoms with E-state index >= 15 is 0 Å². The highest BCUT2D eigenvalue weighted by Crippen LogP contribution is 2.29. The fraction of sp³-hybridized carbons (Fsp3) is 0.0476. The van der Waals surface area contributed by atoms with Gasteiger partial charge in [0.05, 0.1) is 0 Å². The molecule has 1 heterocycles. The Bertz CT molecular complexity index is 1080. The maximum Gasteiger partial charge on any atom is 0.247 e. The molecule has 7 heteroatoms. The highest BCUT2D eigenvalue weighted by Gasteiger charge is 2.22. The monoisotopic (exact) mass is 381 g/mol. The summed E-state index contributed by atoms with van der Waals surface area (Å²) in [6.45, 7) is 0. The van der Waals surface area contributed by atoms with Gasteiger partial charge in [0.25, 0.3) is 0 Å². The van der Waals surface area contributed by atoms with E-state index in [2.05, 4.69) is 15.5 Å². The van der Waals surface area contributed by atoms with Crippen LogP contribution in [0.15, 0.2) is 77.2 Å². The summed E-state index contributed by atoms with van der Waals surface area (Å²) in [5.41, 5.74) is 1.68. The zero-order valence-corrected chi connectivity index (χ0v) is 14.4. The summed E-state index contributed by atoms with van der Waals surface area (Å²) in [5.74, 6) is -1.82. The van der Waals surface area contributed by atoms with Gasteiger partial charge in [0, 0.05) is 17.3 Å². The smallest absolute Gasteiger partial charge is 0.247 e. The Hall–Kier alpha value is -3.61. The van der Waals surface area contributed by atoms with Gasteiger partial charge in [-0.2, -0.15) is 0 Å². The molecule has 140 valence electrons. The topological polar surface area (TPSA) is 51.0 Å². The molecule has 0 radical (unpaired) electrons. The Morgan fingerprint density at radius 3 is 2.25 bits per heavy atom. The minimum absolute atomic E-state index is 0.204. The maximum absolute atomic E-state index is 13.6. The number of aromatic nitrogens is 2. The Balaban J connectivity index is 1.71. The molecule has 0 aliphatic carbocycles. The molecule has 1 atom stereocenters. The fourth-order valence-corrected chi connectivity index (χ4v) is 2.74. The largest absolute Gasteiger partial charge is 0.418 e. The number of benzene rings is 3. The van der Waals surface area contributed by atoms with E-state index in [-0.39, 0.29) is 5.89 Å². The molecule has 0 aliphatic heterocycles. The van der Waals surface area contributed by atoms with Crippen LogP contribution in [0.2, 0.25) is 0 Å². The SMILES string of the molecule is Fc1ccc(C(Nc2ccc(F)c(F)c2)c2nnc(-c3ccccc3)o2)cc1. The van der Waals surface area contributed by atoms with Crippen LogP contribution >= 0.6 is 0 Å². The molecule has 28 heavy (non-hydrogen) atoms. The minimum Gasteiger partial charge on any atom is -0.418 e. The number of nitrogens with zero attached hydrogens (tertiary/aromatic N) is 2. The van der Waals surface area contributed by atoms with Crippen molar-refractivity contribution in [3.8, 4) is 11.5 Å². The van der Waals surface area contributed by atoms with Gasteiger partial charge >= 0.3 is 0 Å². The number of hydrogen-bond acceptors (Lipinski definition) is 4. The molecule has 0 aliphatic rings. The molecule has 0 fully saturated rings. The van der Waals surface area contributed by atoms with Gasteiger partial charge in [-0.25, -0.2) is 13.2 Å². The lowest BCUT2D eigenvalue weighted by Gasteiger charge is -2.17. The van der Waals surface area contributed by atoms with Gasteiger partial charge in [-0.05, 0) is 42.0 Å². The van der Waals surface area contributed by atoms with Crippen molar-refractivity contribution in [1.82, 2.24) is 10.2 Å². The van der Waals surface area contributed by atoms with E-state index in [0.717, 1.165) is 17.7 Å². The summed E-state index contributed by atoms with van der Waals surface area (Å²) in [4.78, 5) is 0. The van der Waals surface area contributed by atoms with Crippen LogP contribution in [0.4, 0.5) is 18.9 Å². The van der Waals surface area contributed by atoms with Gasteiger partial charge in [-0.15, -0.1) is 10.2 Å². The molecule has 4 aromatic rings. The van der Waals surface area contributed by atoms with Crippen molar-refractivity contribution in [1.29, 1.82) is 0 Å². The van der Waals surface area contributed by atoms with E-state index < -0.39 is 23.5 Å². The average molecular weight is 381 g/mol. The predicted molar refractivity (Wildman–Crippen MR) is 98.0 cm³/mol. The fourth-order valence-electron chi connectivity index (χ4n) is 2.74. The standard InChI is InChI=1S/C21H14F3N3O/c22-15-8-6-13(7-9-15)19(25-16-10-11-17(23)18(24)12-16)21-27-26-20(28-21)14-4-2-1-3-5-14/h1-12,19,25H. The Morgan fingerprint density at radius 1 is 0.786 bits per heavy atom. The molecule has 0 saturated carbocycles. The van der Waals surface area contributed by atoms with Crippen LogP contribution in [0.3, 0.4) is 0 Å². The first-order chi connectivity index (χ1) is 13.6. The normalized spacial score (nSPS) is 12.0. The van der Waals surface area contributed by atoms with E-state index in [1.165, 1.54) is 18.2 Å². The third-order valence-corrected chi connectivity index (χ3v) is 4.14. The average Bonchev–Trinajstić information content (AvgIpc) is 3.20. The molecule has 3 aromatic carbocycles. The highest BCUT2D eigenvalue weighted by molar-refractivity contribution is 5.52. The predicted octanol–water partition coefficient (Wildman–Crippen LogP) is 5.36. The van der Waals surface area contributed by atoms with E-state index in [4.69, 9.17) is 4.42 Å². The summed E-state index contributed by atoms with van der Waals surface area (Å²) < 4.78 is 46.0. The Labute approximate surface area is 158 Å². The summed E-state index contributed by atoms with van der Waals surface area (Å²) in [7, 11) is 0. The second-order valence-electron chi connectivity index (χ2n) is 6.07. The van der Waals surface area contributed by atoms with Gasteiger partial charge in [0.1, 0.15) is 11.9 Å². The highest BCUT2D eigenvalue weighted by atomic mass is 19.2.